The second kappa shape index (κ2) is 6.90. The summed E-state index contributed by atoms with van der Waals surface area (Å²) in [6.07, 6.45) is 1.89. The Bertz CT molecular complexity index is 451. The average molecular weight is 283 g/mol. The molecule has 0 aromatic heterocycles. The maximum atomic E-state index is 13.5. The predicted octanol–water partition coefficient (Wildman–Crippen LogP) is 2.51. The molecule has 0 amide bonds. The lowest BCUT2D eigenvalue weighted by Gasteiger charge is -2.31. The average Bonchev–Trinajstić information content (AvgIpc) is 2.41. The van der Waals surface area contributed by atoms with E-state index in [1.54, 1.807) is 7.11 Å². The van der Waals surface area contributed by atoms with Crippen molar-refractivity contribution < 1.29 is 18.3 Å². The van der Waals surface area contributed by atoms with Crippen molar-refractivity contribution in [3.63, 3.8) is 0 Å². The standard InChI is InChI=1S/C15H19F2NO2/c1-20-10-11-5-7-18(8-6-11)9-14(19)15-12(16)3-2-4-13(15)17/h2-4,11H,5-10H2,1H3. The van der Waals surface area contributed by atoms with Crippen molar-refractivity contribution >= 4 is 5.78 Å². The molecule has 0 spiro atoms. The first-order valence-corrected chi connectivity index (χ1v) is 6.80. The molecular weight excluding hydrogens is 264 g/mol. The number of rotatable bonds is 5. The highest BCUT2D eigenvalue weighted by Gasteiger charge is 2.23. The lowest BCUT2D eigenvalue weighted by Crippen LogP contribution is -2.38. The number of carbonyl (C=O) groups excluding carboxylic acids is 1. The van der Waals surface area contributed by atoms with Crippen molar-refractivity contribution in [3.8, 4) is 0 Å². The summed E-state index contributed by atoms with van der Waals surface area (Å²) in [6.45, 7) is 2.31. The second-order valence-electron chi connectivity index (χ2n) is 5.19. The van der Waals surface area contributed by atoms with Gasteiger partial charge in [-0.1, -0.05) is 6.07 Å². The van der Waals surface area contributed by atoms with E-state index in [-0.39, 0.29) is 6.54 Å². The van der Waals surface area contributed by atoms with Crippen LogP contribution >= 0.6 is 0 Å². The van der Waals surface area contributed by atoms with Crippen molar-refractivity contribution in [2.45, 2.75) is 12.8 Å². The number of methoxy groups -OCH3 is 1. The minimum Gasteiger partial charge on any atom is -0.384 e. The molecule has 0 saturated carbocycles. The highest BCUT2D eigenvalue weighted by molar-refractivity contribution is 5.98. The van der Waals surface area contributed by atoms with Gasteiger partial charge in [0.2, 0.25) is 0 Å². The molecule has 0 bridgehead atoms. The van der Waals surface area contributed by atoms with Gasteiger partial charge in [0.15, 0.2) is 5.78 Å². The van der Waals surface area contributed by atoms with Crippen LogP contribution in [0.5, 0.6) is 0 Å². The number of nitrogens with zero attached hydrogens (tertiary/aromatic N) is 1. The predicted molar refractivity (Wildman–Crippen MR) is 71.7 cm³/mol. The summed E-state index contributed by atoms with van der Waals surface area (Å²) < 4.78 is 32.2. The van der Waals surface area contributed by atoms with Crippen LogP contribution in [0.1, 0.15) is 23.2 Å². The molecule has 1 aromatic rings. The summed E-state index contributed by atoms with van der Waals surface area (Å²) >= 11 is 0. The third-order valence-corrected chi connectivity index (χ3v) is 3.72. The van der Waals surface area contributed by atoms with Crippen LogP contribution in [0, 0.1) is 17.6 Å². The molecule has 110 valence electrons. The molecule has 0 radical (unpaired) electrons. The van der Waals surface area contributed by atoms with Crippen LogP contribution in [0.25, 0.3) is 0 Å². The normalized spacial score (nSPS) is 17.4. The van der Waals surface area contributed by atoms with Crippen molar-refractivity contribution in [3.05, 3.63) is 35.4 Å². The van der Waals surface area contributed by atoms with Gasteiger partial charge >= 0.3 is 0 Å². The van der Waals surface area contributed by atoms with E-state index in [2.05, 4.69) is 0 Å². The number of carbonyl (C=O) groups is 1. The van der Waals surface area contributed by atoms with Gasteiger partial charge in [-0.25, -0.2) is 8.78 Å². The van der Waals surface area contributed by atoms with Crippen LogP contribution in [0.15, 0.2) is 18.2 Å². The third-order valence-electron chi connectivity index (χ3n) is 3.72. The number of ketones is 1. The Kier molecular flexibility index (Phi) is 5.20. The van der Waals surface area contributed by atoms with E-state index in [0.29, 0.717) is 5.92 Å². The van der Waals surface area contributed by atoms with Crippen molar-refractivity contribution in [1.29, 1.82) is 0 Å². The van der Waals surface area contributed by atoms with Crippen LogP contribution in [0.2, 0.25) is 0 Å². The van der Waals surface area contributed by atoms with Crippen LogP contribution in [-0.4, -0.2) is 44.0 Å². The molecule has 0 aliphatic carbocycles. The Hall–Kier alpha value is -1.33. The van der Waals surface area contributed by atoms with Gasteiger partial charge < -0.3 is 4.74 Å². The molecule has 3 nitrogen and oxygen atoms in total. The fourth-order valence-electron chi connectivity index (χ4n) is 2.59. The largest absolute Gasteiger partial charge is 0.384 e. The van der Waals surface area contributed by atoms with Gasteiger partial charge in [0.05, 0.1) is 12.1 Å². The number of halogens is 2. The van der Waals surface area contributed by atoms with Crippen molar-refractivity contribution in [1.82, 2.24) is 4.90 Å². The summed E-state index contributed by atoms with van der Waals surface area (Å²) in [5.41, 5.74) is -0.425. The summed E-state index contributed by atoms with van der Waals surface area (Å²) in [6, 6.07) is 3.49. The molecule has 0 atom stereocenters. The van der Waals surface area contributed by atoms with Gasteiger partial charge in [-0.15, -0.1) is 0 Å². The minimum atomic E-state index is -0.788. The molecule has 1 aromatic carbocycles. The fourth-order valence-corrected chi connectivity index (χ4v) is 2.59. The van der Waals surface area contributed by atoms with Gasteiger partial charge in [0.25, 0.3) is 0 Å². The van der Waals surface area contributed by atoms with Gasteiger partial charge in [-0.05, 0) is 44.0 Å². The Labute approximate surface area is 117 Å². The number of hydrogen-bond donors (Lipinski definition) is 0. The summed E-state index contributed by atoms with van der Waals surface area (Å²) in [4.78, 5) is 14.0. The van der Waals surface area contributed by atoms with E-state index in [0.717, 1.165) is 44.7 Å². The highest BCUT2D eigenvalue weighted by atomic mass is 19.1. The highest BCUT2D eigenvalue weighted by Crippen LogP contribution is 2.19. The quantitative estimate of drug-likeness (QED) is 0.778. The van der Waals surface area contributed by atoms with Gasteiger partial charge in [-0.2, -0.15) is 0 Å². The topological polar surface area (TPSA) is 29.5 Å². The molecular formula is C15H19F2NO2. The number of ether oxygens (including phenoxy) is 1. The van der Waals surface area contributed by atoms with Gasteiger partial charge in [0, 0.05) is 13.7 Å². The zero-order chi connectivity index (χ0) is 14.5. The van der Waals surface area contributed by atoms with E-state index < -0.39 is 23.0 Å². The maximum absolute atomic E-state index is 13.5. The Morgan fingerprint density at radius 2 is 1.90 bits per heavy atom. The molecule has 1 saturated heterocycles. The molecule has 20 heavy (non-hydrogen) atoms. The molecule has 5 heteroatoms. The van der Waals surface area contributed by atoms with Crippen molar-refractivity contribution in [2.75, 3.05) is 33.4 Å². The Morgan fingerprint density at radius 1 is 1.30 bits per heavy atom. The number of piperidine rings is 1. The zero-order valence-electron chi connectivity index (χ0n) is 11.6. The van der Waals surface area contributed by atoms with Crippen LogP contribution < -0.4 is 0 Å². The number of likely N-dealkylation sites (tertiary alicyclic amines) is 1. The molecule has 2 rings (SSSR count). The number of benzene rings is 1. The smallest absolute Gasteiger partial charge is 0.182 e. The van der Waals surface area contributed by atoms with E-state index in [4.69, 9.17) is 4.74 Å². The van der Waals surface area contributed by atoms with E-state index in [1.165, 1.54) is 6.07 Å². The van der Waals surface area contributed by atoms with Crippen LogP contribution in [-0.2, 0) is 4.74 Å². The van der Waals surface area contributed by atoms with Crippen molar-refractivity contribution in [2.24, 2.45) is 5.92 Å². The summed E-state index contributed by atoms with van der Waals surface area (Å²) in [7, 11) is 1.68. The first-order chi connectivity index (χ1) is 9.61. The van der Waals surface area contributed by atoms with Crippen LogP contribution in [0.4, 0.5) is 8.78 Å². The Morgan fingerprint density at radius 3 is 2.45 bits per heavy atom. The van der Waals surface area contributed by atoms with Crippen LogP contribution in [0.3, 0.4) is 0 Å². The first kappa shape index (κ1) is 15.1. The van der Waals surface area contributed by atoms with Gasteiger partial charge in [-0.3, -0.25) is 9.69 Å². The van der Waals surface area contributed by atoms with E-state index in [9.17, 15) is 13.6 Å². The lowest BCUT2D eigenvalue weighted by atomic mass is 9.97. The van der Waals surface area contributed by atoms with E-state index in [1.807, 2.05) is 4.90 Å². The van der Waals surface area contributed by atoms with E-state index >= 15 is 0 Å². The fraction of sp³-hybridized carbons (Fsp3) is 0.533. The zero-order valence-corrected chi connectivity index (χ0v) is 11.6. The molecule has 1 fully saturated rings. The molecule has 1 aliphatic rings. The molecule has 1 aliphatic heterocycles. The molecule has 1 heterocycles. The summed E-state index contributed by atoms with van der Waals surface area (Å²) in [5.74, 6) is -1.56. The Balaban J connectivity index is 1.93. The minimum absolute atomic E-state index is 0.0670. The number of hydrogen-bond acceptors (Lipinski definition) is 3. The molecule has 0 unspecified atom stereocenters. The maximum Gasteiger partial charge on any atom is 0.182 e. The second-order valence-corrected chi connectivity index (χ2v) is 5.19. The van der Waals surface area contributed by atoms with Gasteiger partial charge in [0.1, 0.15) is 11.6 Å². The third kappa shape index (κ3) is 3.61. The first-order valence-electron chi connectivity index (χ1n) is 6.80. The monoisotopic (exact) mass is 283 g/mol. The summed E-state index contributed by atoms with van der Waals surface area (Å²) in [5, 5.41) is 0. The SMILES string of the molecule is COCC1CCN(CC(=O)c2c(F)cccc2F)CC1. The number of Topliss-reactive ketones (excluding diaryl/α,β-unsaturated/α-hetero) is 1. The lowest BCUT2D eigenvalue weighted by molar-refractivity contribution is 0.0803. The molecule has 0 N–H and O–H groups in total.